The zero-order valence-corrected chi connectivity index (χ0v) is 11.4. The fourth-order valence-electron chi connectivity index (χ4n) is 1.56. The lowest BCUT2D eigenvalue weighted by Crippen LogP contribution is -2.04. The normalized spacial score (nSPS) is 11.4. The Morgan fingerprint density at radius 1 is 0.941 bits per heavy atom. The zero-order chi connectivity index (χ0) is 12.3. The summed E-state index contributed by atoms with van der Waals surface area (Å²) in [6.07, 6.45) is 0. The van der Waals surface area contributed by atoms with Gasteiger partial charge >= 0.3 is 0 Å². The molecule has 0 radical (unpaired) electrons. The van der Waals surface area contributed by atoms with E-state index in [4.69, 9.17) is 0 Å². The average molecular weight is 311 g/mol. The SMILES string of the molecule is O=S(=O)(Cc1cccc(Br)c1)c1ccccc1. The minimum atomic E-state index is -3.25. The van der Waals surface area contributed by atoms with Gasteiger partial charge < -0.3 is 0 Å². The summed E-state index contributed by atoms with van der Waals surface area (Å²) >= 11 is 3.33. The fraction of sp³-hybridized carbons (Fsp3) is 0.0769. The molecule has 2 rings (SSSR count). The lowest BCUT2D eigenvalue weighted by atomic mass is 10.2. The Morgan fingerprint density at radius 3 is 2.29 bits per heavy atom. The third kappa shape index (κ3) is 3.17. The summed E-state index contributed by atoms with van der Waals surface area (Å²) in [4.78, 5) is 0.361. The Bertz CT molecular complexity index is 606. The Labute approximate surface area is 109 Å². The molecular formula is C13H11BrO2S. The van der Waals surface area contributed by atoms with E-state index in [1.165, 1.54) is 0 Å². The first-order valence-electron chi connectivity index (χ1n) is 5.10. The zero-order valence-electron chi connectivity index (χ0n) is 9.01. The molecule has 17 heavy (non-hydrogen) atoms. The third-order valence-electron chi connectivity index (χ3n) is 2.35. The van der Waals surface area contributed by atoms with Crippen molar-refractivity contribution in [1.82, 2.24) is 0 Å². The minimum Gasteiger partial charge on any atom is -0.223 e. The summed E-state index contributed by atoms with van der Waals surface area (Å²) in [7, 11) is -3.25. The maximum absolute atomic E-state index is 12.1. The number of hydrogen-bond acceptors (Lipinski definition) is 2. The second-order valence-electron chi connectivity index (χ2n) is 3.70. The van der Waals surface area contributed by atoms with Crippen molar-refractivity contribution >= 4 is 25.8 Å². The lowest BCUT2D eigenvalue weighted by Gasteiger charge is -2.04. The van der Waals surface area contributed by atoms with E-state index in [2.05, 4.69) is 15.9 Å². The van der Waals surface area contributed by atoms with E-state index in [1.807, 2.05) is 24.3 Å². The van der Waals surface area contributed by atoms with Crippen molar-refractivity contribution in [3.05, 3.63) is 64.6 Å². The van der Waals surface area contributed by atoms with Gasteiger partial charge in [0.05, 0.1) is 10.6 Å². The van der Waals surface area contributed by atoms with Gasteiger partial charge in [-0.3, -0.25) is 0 Å². The molecule has 0 unspecified atom stereocenters. The third-order valence-corrected chi connectivity index (χ3v) is 4.55. The standard InChI is InChI=1S/C13H11BrO2S/c14-12-6-4-5-11(9-12)10-17(15,16)13-7-2-1-3-8-13/h1-9H,10H2. The summed E-state index contributed by atoms with van der Waals surface area (Å²) in [5.41, 5.74) is 0.781. The van der Waals surface area contributed by atoms with Crippen molar-refractivity contribution in [2.75, 3.05) is 0 Å². The smallest absolute Gasteiger partial charge is 0.182 e. The van der Waals surface area contributed by atoms with Crippen LogP contribution in [0.15, 0.2) is 64.0 Å². The number of benzene rings is 2. The number of rotatable bonds is 3. The maximum atomic E-state index is 12.1. The molecule has 0 N–H and O–H groups in total. The van der Waals surface area contributed by atoms with E-state index in [9.17, 15) is 8.42 Å². The van der Waals surface area contributed by atoms with Crippen LogP contribution in [-0.2, 0) is 15.6 Å². The molecule has 0 atom stereocenters. The van der Waals surface area contributed by atoms with Gasteiger partial charge in [0.1, 0.15) is 0 Å². The van der Waals surface area contributed by atoms with Crippen molar-refractivity contribution in [3.8, 4) is 0 Å². The molecule has 0 amide bonds. The van der Waals surface area contributed by atoms with E-state index in [-0.39, 0.29) is 5.75 Å². The quantitative estimate of drug-likeness (QED) is 0.870. The van der Waals surface area contributed by atoms with Gasteiger partial charge in [-0.15, -0.1) is 0 Å². The Kier molecular flexibility index (Phi) is 3.64. The van der Waals surface area contributed by atoms with Crippen LogP contribution >= 0.6 is 15.9 Å². The second kappa shape index (κ2) is 5.02. The molecule has 0 aliphatic rings. The number of halogens is 1. The van der Waals surface area contributed by atoms with Crippen molar-refractivity contribution in [2.45, 2.75) is 10.6 Å². The van der Waals surface area contributed by atoms with Gasteiger partial charge in [0.25, 0.3) is 0 Å². The van der Waals surface area contributed by atoms with Crippen LogP contribution in [0.3, 0.4) is 0 Å². The molecule has 0 spiro atoms. The molecule has 0 heterocycles. The van der Waals surface area contributed by atoms with Gasteiger partial charge in [0.2, 0.25) is 0 Å². The molecule has 2 aromatic carbocycles. The van der Waals surface area contributed by atoms with Gasteiger partial charge in [-0.2, -0.15) is 0 Å². The highest BCUT2D eigenvalue weighted by molar-refractivity contribution is 9.10. The van der Waals surface area contributed by atoms with Gasteiger partial charge in [0, 0.05) is 4.47 Å². The molecule has 0 aliphatic carbocycles. The highest BCUT2D eigenvalue weighted by atomic mass is 79.9. The van der Waals surface area contributed by atoms with Crippen LogP contribution < -0.4 is 0 Å². The van der Waals surface area contributed by atoms with Crippen molar-refractivity contribution in [1.29, 1.82) is 0 Å². The van der Waals surface area contributed by atoms with Gasteiger partial charge in [-0.1, -0.05) is 46.3 Å². The Morgan fingerprint density at radius 2 is 1.65 bits per heavy atom. The summed E-state index contributed by atoms with van der Waals surface area (Å²) in [6.45, 7) is 0. The van der Waals surface area contributed by atoms with Crippen LogP contribution in [0.5, 0.6) is 0 Å². The first-order chi connectivity index (χ1) is 8.08. The average Bonchev–Trinajstić information content (AvgIpc) is 2.29. The van der Waals surface area contributed by atoms with Crippen molar-refractivity contribution in [3.63, 3.8) is 0 Å². The molecule has 0 aliphatic heterocycles. The van der Waals surface area contributed by atoms with E-state index in [1.54, 1.807) is 30.3 Å². The highest BCUT2D eigenvalue weighted by Gasteiger charge is 2.14. The summed E-state index contributed by atoms with van der Waals surface area (Å²) in [6, 6.07) is 15.8. The lowest BCUT2D eigenvalue weighted by molar-refractivity contribution is 0.595. The van der Waals surface area contributed by atoms with Crippen LogP contribution in [0, 0.1) is 0 Å². The van der Waals surface area contributed by atoms with Crippen LogP contribution in [0.2, 0.25) is 0 Å². The van der Waals surface area contributed by atoms with E-state index in [0.717, 1.165) is 10.0 Å². The summed E-state index contributed by atoms with van der Waals surface area (Å²) < 4.78 is 25.1. The maximum Gasteiger partial charge on any atom is 0.182 e. The molecule has 0 saturated carbocycles. The molecule has 0 saturated heterocycles. The molecule has 0 aromatic heterocycles. The van der Waals surface area contributed by atoms with E-state index >= 15 is 0 Å². The van der Waals surface area contributed by atoms with Crippen LogP contribution in [0.25, 0.3) is 0 Å². The Hall–Kier alpha value is -1.13. The topological polar surface area (TPSA) is 34.1 Å². The largest absolute Gasteiger partial charge is 0.223 e. The molecule has 2 nitrogen and oxygen atoms in total. The van der Waals surface area contributed by atoms with Gasteiger partial charge in [-0.05, 0) is 29.8 Å². The summed E-state index contributed by atoms with van der Waals surface area (Å²) in [5, 5.41) is 0. The van der Waals surface area contributed by atoms with Crippen LogP contribution in [0.1, 0.15) is 5.56 Å². The monoisotopic (exact) mass is 310 g/mol. The predicted octanol–water partition coefficient (Wildman–Crippen LogP) is 3.42. The Balaban J connectivity index is 2.30. The second-order valence-corrected chi connectivity index (χ2v) is 6.61. The van der Waals surface area contributed by atoms with E-state index in [0.29, 0.717) is 4.90 Å². The molecule has 88 valence electrons. The predicted molar refractivity (Wildman–Crippen MR) is 71.5 cm³/mol. The van der Waals surface area contributed by atoms with Gasteiger partial charge in [-0.25, -0.2) is 8.42 Å². The molecule has 0 bridgehead atoms. The van der Waals surface area contributed by atoms with Gasteiger partial charge in [0.15, 0.2) is 9.84 Å². The fourth-order valence-corrected chi connectivity index (χ4v) is 3.36. The first-order valence-corrected chi connectivity index (χ1v) is 7.55. The van der Waals surface area contributed by atoms with Crippen LogP contribution in [-0.4, -0.2) is 8.42 Å². The van der Waals surface area contributed by atoms with E-state index < -0.39 is 9.84 Å². The van der Waals surface area contributed by atoms with Crippen molar-refractivity contribution < 1.29 is 8.42 Å². The summed E-state index contributed by atoms with van der Waals surface area (Å²) in [5.74, 6) is 0.0243. The number of sulfone groups is 1. The van der Waals surface area contributed by atoms with Crippen molar-refractivity contribution in [2.24, 2.45) is 0 Å². The molecule has 0 fully saturated rings. The van der Waals surface area contributed by atoms with Crippen LogP contribution in [0.4, 0.5) is 0 Å². The first kappa shape index (κ1) is 12.3. The molecule has 4 heteroatoms. The number of hydrogen-bond donors (Lipinski definition) is 0. The molecular weight excluding hydrogens is 300 g/mol. The molecule has 2 aromatic rings. The minimum absolute atomic E-state index is 0.0243. The highest BCUT2D eigenvalue weighted by Crippen LogP contribution is 2.18.